The van der Waals surface area contributed by atoms with E-state index in [2.05, 4.69) is 20.5 Å². The molecule has 218 valence electrons. The van der Waals surface area contributed by atoms with E-state index in [4.69, 9.17) is 26.1 Å². The zero-order chi connectivity index (χ0) is 28.3. The number of aromatic nitrogens is 3. The highest BCUT2D eigenvalue weighted by Crippen LogP contribution is 2.34. The van der Waals surface area contributed by atoms with E-state index in [0.29, 0.717) is 29.0 Å². The van der Waals surface area contributed by atoms with E-state index < -0.39 is 0 Å². The standard InChI is InChI=1S/C30H37ClN6O4/c1-32-27(38)18-40-26-16-19-15-20(9-10-25(19)37(29(26)39)21-5-2-3-6-21)34-28-24(31)17-33-30(35-28)36-13-11-23(12-14-36)41-22-7-4-8-22/h9-10,15-17,21-23H,2-8,11-14,18H2,1H3,(H,32,38)(H,33,34,35). The number of hydrogen-bond acceptors (Lipinski definition) is 8. The van der Waals surface area contributed by atoms with Gasteiger partial charge in [0.1, 0.15) is 5.02 Å². The molecule has 1 aromatic carbocycles. The Morgan fingerprint density at radius 1 is 1.05 bits per heavy atom. The molecule has 2 saturated carbocycles. The van der Waals surface area contributed by atoms with Crippen molar-refractivity contribution < 1.29 is 14.3 Å². The summed E-state index contributed by atoms with van der Waals surface area (Å²) in [5.41, 5.74) is 1.39. The second-order valence-corrected chi connectivity index (χ2v) is 11.6. The number of nitrogens with zero attached hydrogens (tertiary/aromatic N) is 4. The minimum Gasteiger partial charge on any atom is -0.478 e. The molecule has 2 N–H and O–H groups in total. The predicted molar refractivity (Wildman–Crippen MR) is 160 cm³/mol. The first kappa shape index (κ1) is 27.8. The molecule has 3 aliphatic rings. The van der Waals surface area contributed by atoms with Crippen LogP contribution in [0.3, 0.4) is 0 Å². The third-order valence-corrected chi connectivity index (χ3v) is 8.76. The average Bonchev–Trinajstić information content (AvgIpc) is 3.50. The normalized spacial score (nSPS) is 18.4. The molecule has 1 amide bonds. The van der Waals surface area contributed by atoms with Crippen LogP contribution in [0, 0.1) is 0 Å². The number of hydrogen-bond donors (Lipinski definition) is 2. The third-order valence-electron chi connectivity index (χ3n) is 8.49. The highest BCUT2D eigenvalue weighted by Gasteiger charge is 2.27. The van der Waals surface area contributed by atoms with E-state index in [1.165, 1.54) is 26.3 Å². The molecule has 2 aromatic heterocycles. The Kier molecular flexibility index (Phi) is 8.30. The Balaban J connectivity index is 1.23. The summed E-state index contributed by atoms with van der Waals surface area (Å²) in [6, 6.07) is 7.64. The van der Waals surface area contributed by atoms with Gasteiger partial charge >= 0.3 is 0 Å². The van der Waals surface area contributed by atoms with Crippen molar-refractivity contribution in [1.29, 1.82) is 0 Å². The molecule has 2 aliphatic carbocycles. The van der Waals surface area contributed by atoms with Crippen molar-refractivity contribution in [3.8, 4) is 5.75 Å². The van der Waals surface area contributed by atoms with Crippen molar-refractivity contribution in [2.45, 2.75) is 76.0 Å². The average molecular weight is 581 g/mol. The van der Waals surface area contributed by atoms with Crippen LogP contribution in [-0.4, -0.2) is 59.4 Å². The van der Waals surface area contributed by atoms with E-state index in [-0.39, 0.29) is 29.9 Å². The quantitative estimate of drug-likeness (QED) is 0.365. The van der Waals surface area contributed by atoms with Gasteiger partial charge in [-0.3, -0.25) is 9.59 Å². The summed E-state index contributed by atoms with van der Waals surface area (Å²) >= 11 is 6.52. The van der Waals surface area contributed by atoms with Gasteiger partial charge in [0.25, 0.3) is 11.5 Å². The molecule has 41 heavy (non-hydrogen) atoms. The lowest BCUT2D eigenvalue weighted by molar-refractivity contribution is -0.122. The van der Waals surface area contributed by atoms with Crippen molar-refractivity contribution in [1.82, 2.24) is 19.9 Å². The van der Waals surface area contributed by atoms with Gasteiger partial charge in [0.2, 0.25) is 5.95 Å². The molecular weight excluding hydrogens is 544 g/mol. The molecular formula is C30H37ClN6O4. The van der Waals surface area contributed by atoms with Crippen LogP contribution in [0.2, 0.25) is 5.02 Å². The summed E-state index contributed by atoms with van der Waals surface area (Å²) in [4.78, 5) is 36.7. The van der Waals surface area contributed by atoms with Gasteiger partial charge < -0.3 is 29.6 Å². The molecule has 11 heteroatoms. The van der Waals surface area contributed by atoms with Gasteiger partial charge in [-0.2, -0.15) is 4.98 Å². The summed E-state index contributed by atoms with van der Waals surface area (Å²) in [7, 11) is 1.54. The number of halogens is 1. The summed E-state index contributed by atoms with van der Waals surface area (Å²) in [5.74, 6) is 1.03. The number of ether oxygens (including phenoxy) is 2. The van der Waals surface area contributed by atoms with E-state index in [0.717, 1.165) is 68.2 Å². The van der Waals surface area contributed by atoms with Gasteiger partial charge in [-0.25, -0.2) is 4.98 Å². The minimum absolute atomic E-state index is 0.106. The number of carbonyl (C=O) groups is 1. The van der Waals surface area contributed by atoms with E-state index in [9.17, 15) is 9.59 Å². The Bertz CT molecular complexity index is 1460. The molecule has 10 nitrogen and oxygen atoms in total. The molecule has 0 atom stereocenters. The third kappa shape index (κ3) is 6.13. The first-order valence-electron chi connectivity index (χ1n) is 14.7. The molecule has 1 aliphatic heterocycles. The number of likely N-dealkylation sites (N-methyl/N-ethyl adjacent to an activating group) is 1. The largest absolute Gasteiger partial charge is 0.478 e. The lowest BCUT2D eigenvalue weighted by atomic mass is 9.95. The van der Waals surface area contributed by atoms with Crippen molar-refractivity contribution in [3.05, 3.63) is 45.8 Å². The number of amides is 1. The number of fused-ring (bicyclic) bond motifs is 1. The number of carbonyl (C=O) groups excluding carboxylic acids is 1. The van der Waals surface area contributed by atoms with Crippen LogP contribution in [0.5, 0.6) is 5.75 Å². The first-order valence-corrected chi connectivity index (χ1v) is 15.1. The van der Waals surface area contributed by atoms with Crippen LogP contribution < -0.4 is 25.8 Å². The second kappa shape index (κ2) is 12.2. The van der Waals surface area contributed by atoms with Crippen molar-refractivity contribution in [3.63, 3.8) is 0 Å². The van der Waals surface area contributed by atoms with E-state index in [1.54, 1.807) is 12.3 Å². The Labute approximate surface area is 244 Å². The molecule has 3 heterocycles. The van der Waals surface area contributed by atoms with Crippen LogP contribution in [0.25, 0.3) is 10.9 Å². The molecule has 0 spiro atoms. The van der Waals surface area contributed by atoms with Gasteiger partial charge in [0, 0.05) is 37.3 Å². The number of anilines is 3. The van der Waals surface area contributed by atoms with E-state index >= 15 is 0 Å². The highest BCUT2D eigenvalue weighted by atomic mass is 35.5. The van der Waals surface area contributed by atoms with Gasteiger partial charge in [0.05, 0.1) is 23.9 Å². The molecule has 3 aromatic rings. The smallest absolute Gasteiger partial charge is 0.293 e. The highest BCUT2D eigenvalue weighted by molar-refractivity contribution is 6.32. The van der Waals surface area contributed by atoms with Crippen LogP contribution >= 0.6 is 11.6 Å². The molecule has 3 fully saturated rings. The molecule has 6 rings (SSSR count). The summed E-state index contributed by atoms with van der Waals surface area (Å²) in [5, 5.41) is 7.12. The van der Waals surface area contributed by atoms with E-state index in [1.807, 2.05) is 22.8 Å². The maximum Gasteiger partial charge on any atom is 0.293 e. The maximum atomic E-state index is 13.4. The van der Waals surface area contributed by atoms with Gasteiger partial charge in [-0.05, 0) is 69.2 Å². The summed E-state index contributed by atoms with van der Waals surface area (Å²) in [6.45, 7) is 1.46. The monoisotopic (exact) mass is 580 g/mol. The Morgan fingerprint density at radius 3 is 2.51 bits per heavy atom. The van der Waals surface area contributed by atoms with Crippen LogP contribution in [0.1, 0.15) is 63.8 Å². The minimum atomic E-state index is -0.295. The van der Waals surface area contributed by atoms with Crippen LogP contribution in [0.15, 0.2) is 35.3 Å². The fraction of sp³-hybridized carbons (Fsp3) is 0.533. The van der Waals surface area contributed by atoms with Crippen molar-refractivity contribution >= 4 is 45.9 Å². The summed E-state index contributed by atoms with van der Waals surface area (Å²) in [6.07, 6.45) is 12.0. The van der Waals surface area contributed by atoms with Crippen molar-refractivity contribution in [2.75, 3.05) is 37.0 Å². The number of rotatable bonds is 9. The molecule has 1 saturated heterocycles. The molecule has 0 radical (unpaired) electrons. The Hall–Kier alpha value is -3.37. The number of benzene rings is 1. The van der Waals surface area contributed by atoms with Gasteiger partial charge in [-0.15, -0.1) is 0 Å². The number of nitrogens with one attached hydrogen (secondary N) is 2. The van der Waals surface area contributed by atoms with Gasteiger partial charge in [-0.1, -0.05) is 24.4 Å². The first-order chi connectivity index (χ1) is 20.0. The fourth-order valence-corrected chi connectivity index (χ4v) is 6.09. The maximum absolute atomic E-state index is 13.4. The van der Waals surface area contributed by atoms with Crippen LogP contribution in [-0.2, 0) is 9.53 Å². The Morgan fingerprint density at radius 2 is 1.80 bits per heavy atom. The zero-order valence-corrected chi connectivity index (χ0v) is 24.2. The van der Waals surface area contributed by atoms with Crippen LogP contribution in [0.4, 0.5) is 17.5 Å². The lowest BCUT2D eigenvalue weighted by Crippen LogP contribution is -2.40. The van der Waals surface area contributed by atoms with Crippen molar-refractivity contribution in [2.24, 2.45) is 0 Å². The molecule has 0 bridgehead atoms. The fourth-order valence-electron chi connectivity index (χ4n) is 5.95. The molecule has 0 unspecified atom stereocenters. The zero-order valence-electron chi connectivity index (χ0n) is 23.4. The predicted octanol–water partition coefficient (Wildman–Crippen LogP) is 4.97. The lowest BCUT2D eigenvalue weighted by Gasteiger charge is -2.36. The second-order valence-electron chi connectivity index (χ2n) is 11.2. The topological polar surface area (TPSA) is 111 Å². The summed E-state index contributed by atoms with van der Waals surface area (Å²) < 4.78 is 13.7. The number of piperidine rings is 1. The number of pyridine rings is 1. The van der Waals surface area contributed by atoms with Gasteiger partial charge in [0.15, 0.2) is 18.2 Å². The SMILES string of the molecule is CNC(=O)COc1cc2cc(Nc3nc(N4CCC(OC5CCC5)CC4)ncc3Cl)ccc2n(C2CCCC2)c1=O.